The Balaban J connectivity index is 1.28. The number of nitrogens with one attached hydrogen (secondary N) is 1. The highest BCUT2D eigenvalue weighted by atomic mass is 32.2. The average Bonchev–Trinajstić information content (AvgIpc) is 3.45. The summed E-state index contributed by atoms with van der Waals surface area (Å²) in [6.45, 7) is 0.692. The van der Waals surface area contributed by atoms with Crippen LogP contribution < -0.4 is 5.32 Å². The molecule has 1 N–H and O–H groups in total. The number of hydrogen-bond donors (Lipinski definition) is 1. The first-order valence-electron chi connectivity index (χ1n) is 10.5. The maximum absolute atomic E-state index is 12.7. The summed E-state index contributed by atoms with van der Waals surface area (Å²) >= 11 is 0. The van der Waals surface area contributed by atoms with Crippen molar-refractivity contribution in [2.45, 2.75) is 49.8 Å². The molecule has 7 nitrogen and oxygen atoms in total. The molecule has 0 radical (unpaired) electrons. The summed E-state index contributed by atoms with van der Waals surface area (Å²) < 4.78 is 31.9. The number of benzene rings is 1. The third kappa shape index (κ3) is 4.64. The van der Waals surface area contributed by atoms with Crippen LogP contribution in [0.4, 0.5) is 5.69 Å². The first kappa shape index (κ1) is 20.3. The molecule has 2 aliphatic carbocycles. The standard InChI is InChI=1S/C21H28N2O5S/c24-20(14-28-21(25)12-17-11-15-6-7-16(17)10-15)22-18-4-3-5-19(13-18)29(26,27)23-8-1-2-9-23/h3-5,13,15-17H,1-2,6-12,14H2,(H,22,24)/t15-,16-,17-/m1/s1. The van der Waals surface area contributed by atoms with Crippen LogP contribution in [0.2, 0.25) is 0 Å². The Hall–Kier alpha value is -1.93. The summed E-state index contributed by atoms with van der Waals surface area (Å²) in [7, 11) is -3.54. The van der Waals surface area contributed by atoms with Gasteiger partial charge in [-0.05, 0) is 68.1 Å². The molecule has 8 heteroatoms. The van der Waals surface area contributed by atoms with E-state index >= 15 is 0 Å². The van der Waals surface area contributed by atoms with Crippen LogP contribution in [0.3, 0.4) is 0 Å². The van der Waals surface area contributed by atoms with E-state index in [-0.39, 0.29) is 17.5 Å². The van der Waals surface area contributed by atoms with E-state index in [2.05, 4.69) is 5.32 Å². The molecule has 4 rings (SSSR count). The molecule has 0 aromatic heterocycles. The maximum Gasteiger partial charge on any atom is 0.306 e. The molecular formula is C21H28N2O5S. The second-order valence-electron chi connectivity index (χ2n) is 8.49. The molecular weight excluding hydrogens is 392 g/mol. The normalized spacial score (nSPS) is 26.6. The quantitative estimate of drug-likeness (QED) is 0.685. The summed E-state index contributed by atoms with van der Waals surface area (Å²) in [5.74, 6) is 1.01. The van der Waals surface area contributed by atoms with Gasteiger partial charge in [0.05, 0.1) is 4.90 Å². The molecule has 0 unspecified atom stereocenters. The van der Waals surface area contributed by atoms with E-state index in [9.17, 15) is 18.0 Å². The number of ether oxygens (including phenoxy) is 1. The van der Waals surface area contributed by atoms with E-state index in [1.807, 2.05) is 0 Å². The number of carbonyl (C=O) groups is 2. The number of hydrogen-bond acceptors (Lipinski definition) is 5. The van der Waals surface area contributed by atoms with Crippen molar-refractivity contribution < 1.29 is 22.7 Å². The van der Waals surface area contributed by atoms with Gasteiger partial charge in [-0.1, -0.05) is 12.5 Å². The Kier molecular flexibility index (Phi) is 5.92. The number of rotatable bonds is 7. The highest BCUT2D eigenvalue weighted by Crippen LogP contribution is 2.49. The second kappa shape index (κ2) is 8.44. The molecule has 1 heterocycles. The Labute approximate surface area is 171 Å². The number of esters is 1. The van der Waals surface area contributed by atoms with Crippen LogP contribution in [-0.2, 0) is 24.3 Å². The van der Waals surface area contributed by atoms with Crippen molar-refractivity contribution in [2.75, 3.05) is 25.0 Å². The average molecular weight is 421 g/mol. The first-order chi connectivity index (χ1) is 13.9. The molecule has 2 bridgehead atoms. The molecule has 1 amide bonds. The van der Waals surface area contributed by atoms with Crippen molar-refractivity contribution in [3.63, 3.8) is 0 Å². The van der Waals surface area contributed by atoms with Crippen LogP contribution in [0.15, 0.2) is 29.2 Å². The molecule has 1 aromatic carbocycles. The van der Waals surface area contributed by atoms with Gasteiger partial charge in [-0.25, -0.2) is 8.42 Å². The van der Waals surface area contributed by atoms with Crippen LogP contribution in [0, 0.1) is 17.8 Å². The van der Waals surface area contributed by atoms with Gasteiger partial charge >= 0.3 is 5.97 Å². The summed E-state index contributed by atoms with van der Waals surface area (Å²) in [5.41, 5.74) is 0.374. The van der Waals surface area contributed by atoms with Crippen molar-refractivity contribution in [1.82, 2.24) is 4.31 Å². The molecule has 0 spiro atoms. The lowest BCUT2D eigenvalue weighted by molar-refractivity contribution is -0.148. The van der Waals surface area contributed by atoms with Gasteiger partial charge in [-0.15, -0.1) is 0 Å². The van der Waals surface area contributed by atoms with Crippen LogP contribution in [0.5, 0.6) is 0 Å². The molecule has 29 heavy (non-hydrogen) atoms. The second-order valence-corrected chi connectivity index (χ2v) is 10.4. The molecule has 1 saturated heterocycles. The Morgan fingerprint density at radius 3 is 2.62 bits per heavy atom. The third-order valence-corrected chi connectivity index (χ3v) is 8.39. The molecule has 1 aliphatic heterocycles. The smallest absolute Gasteiger partial charge is 0.306 e. The van der Waals surface area contributed by atoms with Crippen molar-refractivity contribution in [3.8, 4) is 0 Å². The van der Waals surface area contributed by atoms with Gasteiger partial charge < -0.3 is 10.1 Å². The van der Waals surface area contributed by atoms with Gasteiger partial charge in [0.25, 0.3) is 5.91 Å². The predicted molar refractivity (Wildman–Crippen MR) is 108 cm³/mol. The van der Waals surface area contributed by atoms with Crippen molar-refractivity contribution in [2.24, 2.45) is 17.8 Å². The molecule has 3 atom stereocenters. The highest BCUT2D eigenvalue weighted by Gasteiger charge is 2.40. The van der Waals surface area contributed by atoms with Crippen LogP contribution in [0.25, 0.3) is 0 Å². The minimum absolute atomic E-state index is 0.158. The fourth-order valence-corrected chi connectivity index (χ4v) is 6.62. The third-order valence-electron chi connectivity index (χ3n) is 6.50. The number of sulfonamides is 1. The monoisotopic (exact) mass is 420 g/mol. The van der Waals surface area contributed by atoms with Gasteiger partial charge in [-0.2, -0.15) is 4.31 Å². The summed E-state index contributed by atoms with van der Waals surface area (Å²) in [5, 5.41) is 2.62. The van der Waals surface area contributed by atoms with Crippen molar-refractivity contribution in [1.29, 1.82) is 0 Å². The topological polar surface area (TPSA) is 92.8 Å². The van der Waals surface area contributed by atoms with E-state index in [1.165, 1.54) is 35.7 Å². The van der Waals surface area contributed by atoms with Gasteiger partial charge in [0, 0.05) is 25.2 Å². The van der Waals surface area contributed by atoms with Crippen molar-refractivity contribution in [3.05, 3.63) is 24.3 Å². The number of amides is 1. The lowest BCUT2D eigenvalue weighted by atomic mass is 9.86. The van der Waals surface area contributed by atoms with Crippen LogP contribution >= 0.6 is 0 Å². The number of carbonyl (C=O) groups excluding carboxylic acids is 2. The molecule has 1 aromatic rings. The van der Waals surface area contributed by atoms with Crippen LogP contribution in [0.1, 0.15) is 44.9 Å². The van der Waals surface area contributed by atoms with Crippen LogP contribution in [-0.4, -0.2) is 44.3 Å². The highest BCUT2D eigenvalue weighted by molar-refractivity contribution is 7.89. The lowest BCUT2D eigenvalue weighted by Crippen LogP contribution is -2.28. The summed E-state index contributed by atoms with van der Waals surface area (Å²) in [6, 6.07) is 6.19. The minimum atomic E-state index is -3.54. The minimum Gasteiger partial charge on any atom is -0.456 e. The van der Waals surface area contributed by atoms with E-state index in [4.69, 9.17) is 4.74 Å². The zero-order valence-electron chi connectivity index (χ0n) is 16.5. The Bertz CT molecular complexity index is 879. The SMILES string of the molecule is O=C(COC(=O)C[C@H]1C[C@@H]2CC[C@@H]1C2)Nc1cccc(S(=O)(=O)N2CCCC2)c1. The Morgan fingerprint density at radius 2 is 1.93 bits per heavy atom. The van der Waals surface area contributed by atoms with Gasteiger partial charge in [0.15, 0.2) is 6.61 Å². The predicted octanol–water partition coefficient (Wildman–Crippen LogP) is 2.78. The van der Waals surface area contributed by atoms with Gasteiger partial charge in [-0.3, -0.25) is 9.59 Å². The van der Waals surface area contributed by atoms with E-state index in [0.29, 0.717) is 37.0 Å². The largest absolute Gasteiger partial charge is 0.456 e. The zero-order valence-corrected chi connectivity index (χ0v) is 17.3. The number of nitrogens with zero attached hydrogens (tertiary/aromatic N) is 1. The van der Waals surface area contributed by atoms with E-state index < -0.39 is 15.9 Å². The fraction of sp³-hybridized carbons (Fsp3) is 0.619. The molecule has 2 saturated carbocycles. The van der Waals surface area contributed by atoms with Gasteiger partial charge in [0.1, 0.15) is 0 Å². The lowest BCUT2D eigenvalue weighted by Gasteiger charge is -2.20. The van der Waals surface area contributed by atoms with E-state index in [1.54, 1.807) is 12.1 Å². The zero-order chi connectivity index (χ0) is 20.4. The number of fused-ring (bicyclic) bond motifs is 2. The fourth-order valence-electron chi connectivity index (χ4n) is 5.05. The van der Waals surface area contributed by atoms with Crippen molar-refractivity contribution >= 4 is 27.6 Å². The van der Waals surface area contributed by atoms with E-state index in [0.717, 1.165) is 25.2 Å². The molecule has 3 aliphatic rings. The number of anilines is 1. The maximum atomic E-state index is 12.7. The summed E-state index contributed by atoms with van der Waals surface area (Å²) in [4.78, 5) is 24.4. The van der Waals surface area contributed by atoms with Gasteiger partial charge in [0.2, 0.25) is 10.0 Å². The molecule has 3 fully saturated rings. The molecule has 158 valence electrons. The summed E-state index contributed by atoms with van der Waals surface area (Å²) in [6.07, 6.45) is 6.94. The Morgan fingerprint density at radius 1 is 1.14 bits per heavy atom. The first-order valence-corrected chi connectivity index (χ1v) is 11.9.